The quantitative estimate of drug-likeness (QED) is 0.0585. The van der Waals surface area contributed by atoms with E-state index in [1.165, 1.54) is 6.92 Å². The summed E-state index contributed by atoms with van der Waals surface area (Å²) in [5, 5.41) is 15.9. The Morgan fingerprint density at radius 3 is 2.31 bits per heavy atom. The number of benzene rings is 1. The van der Waals surface area contributed by atoms with Crippen LogP contribution in [0.25, 0.3) is 10.9 Å². The van der Waals surface area contributed by atoms with Crippen LogP contribution in [0, 0.1) is 5.41 Å². The number of ether oxygens (including phenoxy) is 1. The molecule has 1 aromatic heterocycles. The average Bonchev–Trinajstić information content (AvgIpc) is 3.33. The molecular formula is C28H40N8O6. The molecule has 0 radical (unpaired) electrons. The molecular weight excluding hydrogens is 544 g/mol. The molecule has 0 unspecified atom stereocenters. The first-order valence-electron chi connectivity index (χ1n) is 13.6. The van der Waals surface area contributed by atoms with Gasteiger partial charge in [-0.2, -0.15) is 0 Å². The van der Waals surface area contributed by atoms with E-state index in [9.17, 15) is 24.0 Å². The number of amides is 3. The summed E-state index contributed by atoms with van der Waals surface area (Å²) in [5.74, 6) is -3.19. The lowest BCUT2D eigenvalue weighted by molar-refractivity contribution is -0.152. The summed E-state index contributed by atoms with van der Waals surface area (Å²) >= 11 is 0. The number of guanidine groups is 1. The Bertz CT molecular complexity index is 1300. The molecule has 3 atom stereocenters. The Kier molecular flexibility index (Phi) is 13.1. The number of aromatic nitrogens is 1. The van der Waals surface area contributed by atoms with Crippen LogP contribution in [0.5, 0.6) is 0 Å². The molecule has 1 heterocycles. The van der Waals surface area contributed by atoms with Crippen LogP contribution in [0.4, 0.5) is 0 Å². The number of ketones is 1. The highest BCUT2D eigenvalue weighted by Crippen LogP contribution is 2.19. The largest absolute Gasteiger partial charge is 0.461 e. The number of Topliss-reactive ketones (excluding diaryl/α,β-unsaturated/α-hetero) is 1. The predicted molar refractivity (Wildman–Crippen MR) is 158 cm³/mol. The summed E-state index contributed by atoms with van der Waals surface area (Å²) in [6, 6.07) is 4.10. The van der Waals surface area contributed by atoms with Crippen molar-refractivity contribution in [2.45, 2.75) is 77.1 Å². The van der Waals surface area contributed by atoms with Gasteiger partial charge in [0.15, 0.2) is 11.7 Å². The maximum Gasteiger partial charge on any atom is 0.328 e. The summed E-state index contributed by atoms with van der Waals surface area (Å²) in [5.41, 5.74) is 12.3. The van der Waals surface area contributed by atoms with Gasteiger partial charge in [-0.1, -0.05) is 18.2 Å². The van der Waals surface area contributed by atoms with E-state index in [1.807, 2.05) is 24.3 Å². The van der Waals surface area contributed by atoms with E-state index in [0.717, 1.165) is 16.5 Å². The van der Waals surface area contributed by atoms with Crippen LogP contribution in [0.15, 0.2) is 35.5 Å². The zero-order chi connectivity index (χ0) is 31.2. The van der Waals surface area contributed by atoms with Crippen LogP contribution in [-0.2, 0) is 35.1 Å². The molecule has 9 N–H and O–H groups in total. The fourth-order valence-electron chi connectivity index (χ4n) is 4.21. The number of aromatic amines is 1. The molecule has 42 heavy (non-hydrogen) atoms. The molecule has 2 rings (SSSR count). The minimum Gasteiger partial charge on any atom is -0.461 e. The number of aliphatic imine (C=N–C) groups is 1. The predicted octanol–water partition coefficient (Wildman–Crippen LogP) is 0.189. The smallest absolute Gasteiger partial charge is 0.328 e. The van der Waals surface area contributed by atoms with Crippen LogP contribution >= 0.6 is 0 Å². The summed E-state index contributed by atoms with van der Waals surface area (Å²) in [6.45, 7) is 4.82. The van der Waals surface area contributed by atoms with Gasteiger partial charge in [0.2, 0.25) is 17.7 Å². The van der Waals surface area contributed by atoms with E-state index >= 15 is 0 Å². The maximum atomic E-state index is 13.4. The lowest BCUT2D eigenvalue weighted by Gasteiger charge is -2.25. The highest BCUT2D eigenvalue weighted by atomic mass is 16.5. The molecule has 1 aromatic carbocycles. The summed E-state index contributed by atoms with van der Waals surface area (Å²) in [6.07, 6.45) is 2.17. The van der Waals surface area contributed by atoms with Crippen molar-refractivity contribution in [1.82, 2.24) is 20.9 Å². The third-order valence-electron chi connectivity index (χ3n) is 6.16. The van der Waals surface area contributed by atoms with E-state index < -0.39 is 53.7 Å². The van der Waals surface area contributed by atoms with Crippen LogP contribution in [0.2, 0.25) is 0 Å². The average molecular weight is 585 g/mol. The third-order valence-corrected chi connectivity index (χ3v) is 6.16. The van der Waals surface area contributed by atoms with Crippen LogP contribution in [0.1, 0.15) is 52.0 Å². The van der Waals surface area contributed by atoms with Gasteiger partial charge in [-0.25, -0.2) is 4.79 Å². The minimum atomic E-state index is -1.26. The molecule has 0 fully saturated rings. The number of nitrogens with zero attached hydrogens (tertiary/aromatic N) is 1. The molecule has 3 amide bonds. The Balaban J connectivity index is 2.26. The molecule has 2 aromatic rings. The highest BCUT2D eigenvalue weighted by molar-refractivity contribution is 6.26. The first kappa shape index (κ1) is 33.5. The Morgan fingerprint density at radius 2 is 1.67 bits per heavy atom. The van der Waals surface area contributed by atoms with Crippen molar-refractivity contribution < 1.29 is 28.7 Å². The number of nitrogens with two attached hydrogens (primary N) is 2. The fourth-order valence-corrected chi connectivity index (χ4v) is 4.21. The van der Waals surface area contributed by atoms with Gasteiger partial charge < -0.3 is 42.5 Å². The number of H-pyrrole nitrogens is 1. The second-order valence-electron chi connectivity index (χ2n) is 10.0. The van der Waals surface area contributed by atoms with Gasteiger partial charge >= 0.3 is 5.97 Å². The summed E-state index contributed by atoms with van der Waals surface area (Å²) < 4.78 is 5.28. The molecule has 228 valence electrons. The third kappa shape index (κ3) is 11.0. The number of esters is 1. The molecule has 0 aliphatic rings. The van der Waals surface area contributed by atoms with Gasteiger partial charge in [-0.3, -0.25) is 24.2 Å². The molecule has 0 aliphatic carbocycles. The van der Waals surface area contributed by atoms with Crippen molar-refractivity contribution in [2.75, 3.05) is 6.54 Å². The lowest BCUT2D eigenvalue weighted by Crippen LogP contribution is -2.56. The normalized spacial score (nSPS) is 13.0. The zero-order valence-electron chi connectivity index (χ0n) is 24.1. The monoisotopic (exact) mass is 584 g/mol. The topological polar surface area (TPSA) is 235 Å². The number of carbonyl (C=O) groups is 5. The molecule has 0 saturated carbocycles. The maximum absolute atomic E-state index is 13.4. The van der Waals surface area contributed by atoms with E-state index in [0.29, 0.717) is 12.6 Å². The van der Waals surface area contributed by atoms with Crippen molar-refractivity contribution in [3.8, 4) is 0 Å². The molecule has 14 heteroatoms. The Morgan fingerprint density at radius 1 is 1.00 bits per heavy atom. The van der Waals surface area contributed by atoms with Crippen molar-refractivity contribution in [1.29, 1.82) is 5.41 Å². The van der Waals surface area contributed by atoms with Crippen molar-refractivity contribution in [3.63, 3.8) is 0 Å². The number of fused-ring (bicyclic) bond motifs is 1. The zero-order valence-corrected chi connectivity index (χ0v) is 24.1. The van der Waals surface area contributed by atoms with E-state index in [-0.39, 0.29) is 38.2 Å². The van der Waals surface area contributed by atoms with Gasteiger partial charge in [0, 0.05) is 43.4 Å². The second-order valence-corrected chi connectivity index (χ2v) is 10.0. The molecule has 0 bridgehead atoms. The number of para-hydroxylation sites is 1. The van der Waals surface area contributed by atoms with E-state index in [2.05, 4.69) is 25.9 Å². The number of hydrogen-bond acceptors (Lipinski definition) is 8. The Hall–Kier alpha value is -4.75. The van der Waals surface area contributed by atoms with Gasteiger partial charge in [0.25, 0.3) is 0 Å². The van der Waals surface area contributed by atoms with Crippen molar-refractivity contribution in [2.24, 2.45) is 16.5 Å². The minimum absolute atomic E-state index is 0.111. The SMILES string of the molecule is CC(=O)N[C@@H](Cc1c[nH]c2ccccc12)C(=O)N[C@@H](CCC(=O)C=N)C(=O)N[C@@H](CCCN=C(N)N)C(=O)OC(C)C. The summed E-state index contributed by atoms with van der Waals surface area (Å²) in [4.78, 5) is 70.4. The highest BCUT2D eigenvalue weighted by Gasteiger charge is 2.31. The molecule has 14 nitrogen and oxygen atoms in total. The summed E-state index contributed by atoms with van der Waals surface area (Å²) in [7, 11) is 0. The number of nitrogens with one attached hydrogen (secondary N) is 5. The van der Waals surface area contributed by atoms with E-state index in [1.54, 1.807) is 20.0 Å². The molecule has 0 spiro atoms. The standard InChI is InChI=1S/C28H40N8O6/c1-16(2)42-27(41)23(9-6-12-32-28(30)31)36-25(39)22(11-10-19(38)14-29)35-26(40)24(34-17(3)37)13-18-15-33-21-8-5-4-7-20(18)21/h4-5,7-8,14-16,22-24,29,33H,6,9-13H2,1-3H3,(H,34,37)(H,35,40)(H,36,39)(H4,30,31,32)/t22-,23-,24-/m0/s1. The molecule has 0 saturated heterocycles. The second kappa shape index (κ2) is 16.5. The van der Waals surface area contributed by atoms with Crippen molar-refractivity contribution >= 4 is 52.6 Å². The van der Waals surface area contributed by atoms with Gasteiger partial charge in [0.1, 0.15) is 18.1 Å². The lowest BCUT2D eigenvalue weighted by atomic mass is 10.0. The fraction of sp³-hybridized carbons (Fsp3) is 0.464. The first-order valence-corrected chi connectivity index (χ1v) is 13.6. The van der Waals surface area contributed by atoms with Crippen molar-refractivity contribution in [3.05, 3.63) is 36.0 Å². The Labute approximate surface area is 243 Å². The first-order chi connectivity index (χ1) is 19.9. The van der Waals surface area contributed by atoms with E-state index in [4.69, 9.17) is 21.6 Å². The van der Waals surface area contributed by atoms with Crippen LogP contribution in [0.3, 0.4) is 0 Å². The number of carbonyl (C=O) groups excluding carboxylic acids is 5. The number of rotatable bonds is 17. The molecule has 0 aliphatic heterocycles. The number of hydrogen-bond donors (Lipinski definition) is 7. The van der Waals surface area contributed by atoms with Gasteiger partial charge in [-0.05, 0) is 44.7 Å². The van der Waals surface area contributed by atoms with Crippen LogP contribution < -0.4 is 27.4 Å². The van der Waals surface area contributed by atoms with Gasteiger partial charge in [-0.15, -0.1) is 0 Å². The van der Waals surface area contributed by atoms with Gasteiger partial charge in [0.05, 0.1) is 12.3 Å². The van der Waals surface area contributed by atoms with Crippen LogP contribution in [-0.4, -0.2) is 77.4 Å².